The summed E-state index contributed by atoms with van der Waals surface area (Å²) in [5.74, 6) is 0.521. The maximum absolute atomic E-state index is 12.6. The Labute approximate surface area is 118 Å². The lowest BCUT2D eigenvalue weighted by molar-refractivity contribution is 0.0338. The number of aliphatic hydroxyl groups is 1. The summed E-state index contributed by atoms with van der Waals surface area (Å²) >= 11 is 1.74. The van der Waals surface area contributed by atoms with Crippen LogP contribution in [0, 0.1) is 5.92 Å². The molecule has 0 saturated carbocycles. The van der Waals surface area contributed by atoms with Crippen LogP contribution in [0.15, 0.2) is 5.38 Å². The summed E-state index contributed by atoms with van der Waals surface area (Å²) in [4.78, 5) is 15.9. The van der Waals surface area contributed by atoms with Gasteiger partial charge in [0.25, 0.3) is 5.91 Å². The molecule has 19 heavy (non-hydrogen) atoms. The molecule has 1 aliphatic carbocycles. The predicted octanol–water partition coefficient (Wildman–Crippen LogP) is 2.47. The highest BCUT2D eigenvalue weighted by molar-refractivity contribution is 7.10. The number of thiophene rings is 1. The number of rotatable bonds is 1. The van der Waals surface area contributed by atoms with E-state index in [1.54, 1.807) is 11.3 Å². The van der Waals surface area contributed by atoms with E-state index in [1.165, 1.54) is 23.3 Å². The molecule has 2 atom stereocenters. The molecule has 3 nitrogen and oxygen atoms in total. The first-order valence-corrected chi connectivity index (χ1v) is 8.09. The minimum absolute atomic E-state index is 0.130. The van der Waals surface area contributed by atoms with Gasteiger partial charge in [0.05, 0.1) is 11.7 Å². The topological polar surface area (TPSA) is 40.5 Å². The van der Waals surface area contributed by atoms with Crippen LogP contribution in [0.2, 0.25) is 0 Å². The van der Waals surface area contributed by atoms with E-state index in [4.69, 9.17) is 0 Å². The zero-order chi connectivity index (χ0) is 13.4. The highest BCUT2D eigenvalue weighted by Gasteiger charge is 2.29. The smallest absolute Gasteiger partial charge is 0.255 e. The Hall–Kier alpha value is -0.870. The molecule has 0 bridgehead atoms. The fourth-order valence-corrected chi connectivity index (χ4v) is 4.45. The molecular formula is C15H21NO2S. The molecule has 1 aromatic rings. The number of carbonyl (C=O) groups excluding carboxylic acids is 1. The van der Waals surface area contributed by atoms with E-state index in [2.05, 4.69) is 6.92 Å². The first-order valence-electron chi connectivity index (χ1n) is 7.21. The Balaban J connectivity index is 1.82. The molecule has 0 unspecified atom stereocenters. The van der Waals surface area contributed by atoms with Gasteiger partial charge in [-0.2, -0.15) is 0 Å². The van der Waals surface area contributed by atoms with Gasteiger partial charge >= 0.3 is 0 Å². The van der Waals surface area contributed by atoms with Gasteiger partial charge in [0.2, 0.25) is 0 Å². The van der Waals surface area contributed by atoms with Crippen LogP contribution in [0.4, 0.5) is 0 Å². The molecule has 1 aromatic heterocycles. The summed E-state index contributed by atoms with van der Waals surface area (Å²) in [5.41, 5.74) is 2.19. The zero-order valence-corrected chi connectivity index (χ0v) is 12.2. The maximum Gasteiger partial charge on any atom is 0.255 e. The largest absolute Gasteiger partial charge is 0.391 e. The molecule has 0 radical (unpaired) electrons. The Kier molecular flexibility index (Phi) is 3.63. The number of fused-ring (bicyclic) bond motifs is 1. The summed E-state index contributed by atoms with van der Waals surface area (Å²) < 4.78 is 0. The molecule has 4 heteroatoms. The Morgan fingerprint density at radius 2 is 2.16 bits per heavy atom. The Morgan fingerprint density at radius 1 is 1.37 bits per heavy atom. The molecule has 2 heterocycles. The van der Waals surface area contributed by atoms with Crippen molar-refractivity contribution < 1.29 is 9.90 Å². The van der Waals surface area contributed by atoms with Crippen LogP contribution in [-0.4, -0.2) is 35.1 Å². The number of likely N-dealkylation sites (tertiary alicyclic amines) is 1. The fourth-order valence-electron chi connectivity index (χ4n) is 3.33. The van der Waals surface area contributed by atoms with Crippen molar-refractivity contribution in [3.63, 3.8) is 0 Å². The number of hydrogen-bond donors (Lipinski definition) is 1. The van der Waals surface area contributed by atoms with Gasteiger partial charge in [-0.3, -0.25) is 4.79 Å². The summed E-state index contributed by atoms with van der Waals surface area (Å²) in [6.07, 6.45) is 5.08. The van der Waals surface area contributed by atoms with Crippen LogP contribution in [-0.2, 0) is 12.8 Å². The third-order valence-electron chi connectivity index (χ3n) is 4.22. The fraction of sp³-hybridized carbons (Fsp3) is 0.667. The Bertz CT molecular complexity index is 472. The van der Waals surface area contributed by atoms with Gasteiger partial charge in [-0.25, -0.2) is 0 Å². The highest BCUT2D eigenvalue weighted by atomic mass is 32.1. The number of β-amino-alcohol motifs (C(OH)–C–C–N with tert-alkyl or cyclic N) is 1. The average molecular weight is 279 g/mol. The molecule has 1 aliphatic heterocycles. The van der Waals surface area contributed by atoms with Crippen LogP contribution >= 0.6 is 11.3 Å². The van der Waals surface area contributed by atoms with Crippen LogP contribution in [0.1, 0.15) is 47.0 Å². The van der Waals surface area contributed by atoms with Crippen molar-refractivity contribution in [2.45, 2.75) is 45.1 Å². The first-order chi connectivity index (χ1) is 9.15. The van der Waals surface area contributed by atoms with Crippen molar-refractivity contribution in [2.75, 3.05) is 13.1 Å². The Morgan fingerprint density at radius 3 is 2.95 bits per heavy atom. The SMILES string of the molecule is C[C@@H]1C[C@H](O)CN(C(=O)c2csc3c2CCCC3)C1. The lowest BCUT2D eigenvalue weighted by Crippen LogP contribution is -2.45. The van der Waals surface area contributed by atoms with E-state index in [1.807, 2.05) is 10.3 Å². The summed E-state index contributed by atoms with van der Waals surface area (Å²) in [6, 6.07) is 0. The van der Waals surface area contributed by atoms with Gasteiger partial charge in [0, 0.05) is 23.3 Å². The molecule has 104 valence electrons. The van der Waals surface area contributed by atoms with Crippen molar-refractivity contribution in [3.8, 4) is 0 Å². The van der Waals surface area contributed by atoms with Crippen LogP contribution in [0.5, 0.6) is 0 Å². The average Bonchev–Trinajstić information content (AvgIpc) is 2.80. The molecule has 2 aliphatic rings. The molecule has 1 saturated heterocycles. The van der Waals surface area contributed by atoms with Gasteiger partial charge < -0.3 is 10.0 Å². The van der Waals surface area contributed by atoms with Gasteiger partial charge in [-0.05, 0) is 43.6 Å². The van der Waals surface area contributed by atoms with Crippen LogP contribution in [0.3, 0.4) is 0 Å². The molecule has 3 rings (SSSR count). The van der Waals surface area contributed by atoms with Crippen molar-refractivity contribution in [1.29, 1.82) is 0 Å². The molecular weight excluding hydrogens is 258 g/mol. The van der Waals surface area contributed by atoms with E-state index in [-0.39, 0.29) is 12.0 Å². The number of piperidine rings is 1. The van der Waals surface area contributed by atoms with Crippen molar-refractivity contribution in [1.82, 2.24) is 4.90 Å². The number of nitrogens with zero attached hydrogens (tertiary/aromatic N) is 1. The minimum atomic E-state index is -0.359. The highest BCUT2D eigenvalue weighted by Crippen LogP contribution is 2.31. The molecule has 0 aromatic carbocycles. The third-order valence-corrected chi connectivity index (χ3v) is 5.31. The first kappa shape index (κ1) is 13.1. The minimum Gasteiger partial charge on any atom is -0.391 e. The number of hydrogen-bond acceptors (Lipinski definition) is 3. The lowest BCUT2D eigenvalue weighted by Gasteiger charge is -2.34. The third kappa shape index (κ3) is 2.56. The number of aliphatic hydroxyl groups excluding tert-OH is 1. The quantitative estimate of drug-likeness (QED) is 0.858. The number of amides is 1. The van der Waals surface area contributed by atoms with E-state index in [0.29, 0.717) is 12.5 Å². The monoisotopic (exact) mass is 279 g/mol. The number of carbonyl (C=O) groups is 1. The second-order valence-electron chi connectivity index (χ2n) is 5.96. The van der Waals surface area contributed by atoms with E-state index < -0.39 is 0 Å². The molecule has 1 amide bonds. The standard InChI is InChI=1S/C15H21NO2S/c1-10-6-11(17)8-16(7-10)15(18)13-9-19-14-5-3-2-4-12(13)14/h9-11,17H,2-8H2,1H3/t10-,11+/m1/s1. The van der Waals surface area contributed by atoms with Crippen LogP contribution < -0.4 is 0 Å². The molecule has 1 fully saturated rings. The molecule has 1 N–H and O–H groups in total. The van der Waals surface area contributed by atoms with Crippen molar-refractivity contribution >= 4 is 17.2 Å². The number of aryl methyl sites for hydroxylation is 1. The van der Waals surface area contributed by atoms with Crippen molar-refractivity contribution in [3.05, 3.63) is 21.4 Å². The van der Waals surface area contributed by atoms with E-state index >= 15 is 0 Å². The van der Waals surface area contributed by atoms with Crippen molar-refractivity contribution in [2.24, 2.45) is 5.92 Å². The zero-order valence-electron chi connectivity index (χ0n) is 11.4. The summed E-state index contributed by atoms with van der Waals surface area (Å²) in [5, 5.41) is 11.9. The second-order valence-corrected chi connectivity index (χ2v) is 6.93. The molecule has 0 spiro atoms. The maximum atomic E-state index is 12.6. The lowest BCUT2D eigenvalue weighted by atomic mass is 9.94. The second kappa shape index (κ2) is 5.25. The summed E-state index contributed by atoms with van der Waals surface area (Å²) in [6.45, 7) is 3.38. The van der Waals surface area contributed by atoms with E-state index in [0.717, 1.165) is 31.4 Å². The van der Waals surface area contributed by atoms with Gasteiger partial charge in [-0.1, -0.05) is 6.92 Å². The van der Waals surface area contributed by atoms with Gasteiger partial charge in [0.15, 0.2) is 0 Å². The van der Waals surface area contributed by atoms with Crippen LogP contribution in [0.25, 0.3) is 0 Å². The van der Waals surface area contributed by atoms with E-state index in [9.17, 15) is 9.90 Å². The predicted molar refractivity (Wildman–Crippen MR) is 76.7 cm³/mol. The summed E-state index contributed by atoms with van der Waals surface area (Å²) in [7, 11) is 0. The normalized spacial score (nSPS) is 27.2. The van der Waals surface area contributed by atoms with Gasteiger partial charge in [0.1, 0.15) is 0 Å². The van der Waals surface area contributed by atoms with Gasteiger partial charge in [-0.15, -0.1) is 11.3 Å².